The molecule has 0 bridgehead atoms. The number of aromatic nitrogens is 1. The number of piperidine rings is 3. The van der Waals surface area contributed by atoms with E-state index in [1.54, 1.807) is 0 Å². The lowest BCUT2D eigenvalue weighted by atomic mass is 9.69. The van der Waals surface area contributed by atoms with Crippen LogP contribution in [0.15, 0.2) is 54.9 Å². The number of hydrogen-bond acceptors (Lipinski definition) is 4. The van der Waals surface area contributed by atoms with Crippen LogP contribution < -0.4 is 5.32 Å². The molecule has 1 aromatic heterocycles. The van der Waals surface area contributed by atoms with Crippen molar-refractivity contribution in [1.82, 2.24) is 20.1 Å². The molecule has 0 radical (unpaired) electrons. The molecule has 3 fully saturated rings. The van der Waals surface area contributed by atoms with Crippen molar-refractivity contribution in [2.75, 3.05) is 26.2 Å². The molecule has 4 heterocycles. The van der Waals surface area contributed by atoms with Crippen LogP contribution in [-0.2, 0) is 17.8 Å². The quantitative estimate of drug-likeness (QED) is 0.607. The van der Waals surface area contributed by atoms with Gasteiger partial charge in [0.05, 0.1) is 0 Å². The third-order valence-electron chi connectivity index (χ3n) is 8.40. The Morgan fingerprint density at radius 1 is 1.00 bits per heavy atom. The molecule has 0 spiro atoms. The van der Waals surface area contributed by atoms with Crippen LogP contribution in [0.4, 0.5) is 0 Å². The predicted octanol–water partition coefficient (Wildman–Crippen LogP) is 4.29. The number of amides is 1. The summed E-state index contributed by atoms with van der Waals surface area (Å²) >= 11 is 0. The highest BCUT2D eigenvalue weighted by atomic mass is 16.1. The Morgan fingerprint density at radius 3 is 2.62 bits per heavy atom. The molecular formula is C29H40N4O. The summed E-state index contributed by atoms with van der Waals surface area (Å²) in [5.74, 6) is 1.77. The number of benzene rings is 1. The maximum Gasteiger partial charge on any atom is 0.220 e. The number of carbonyl (C=O) groups is 1. The van der Waals surface area contributed by atoms with E-state index in [1.807, 2.05) is 24.5 Å². The second-order valence-corrected chi connectivity index (χ2v) is 10.6. The van der Waals surface area contributed by atoms with Gasteiger partial charge in [-0.3, -0.25) is 19.6 Å². The van der Waals surface area contributed by atoms with Crippen molar-refractivity contribution in [3.63, 3.8) is 0 Å². The SMILES string of the molecule is O=C(CCC[C@@H]1[C@H]2CCCN3CCC[C@@H](CN1Cc1ccccc1)[C@@H]23)NCCc1ccncc1. The van der Waals surface area contributed by atoms with Crippen LogP contribution in [0, 0.1) is 11.8 Å². The van der Waals surface area contributed by atoms with E-state index in [4.69, 9.17) is 0 Å². The largest absolute Gasteiger partial charge is 0.356 e. The fourth-order valence-corrected chi connectivity index (χ4v) is 6.94. The van der Waals surface area contributed by atoms with Gasteiger partial charge in [-0.15, -0.1) is 0 Å². The predicted molar refractivity (Wildman–Crippen MR) is 136 cm³/mol. The van der Waals surface area contributed by atoms with E-state index in [0.29, 0.717) is 19.0 Å². The first kappa shape index (κ1) is 23.5. The number of pyridine rings is 1. The summed E-state index contributed by atoms with van der Waals surface area (Å²) in [6.07, 6.45) is 12.7. The Kier molecular flexibility index (Phi) is 7.92. The second-order valence-electron chi connectivity index (χ2n) is 10.6. The van der Waals surface area contributed by atoms with Gasteiger partial charge in [0.25, 0.3) is 0 Å². The molecule has 5 heteroatoms. The Balaban J connectivity index is 1.18. The smallest absolute Gasteiger partial charge is 0.220 e. The molecular weight excluding hydrogens is 420 g/mol. The third kappa shape index (κ3) is 5.69. The van der Waals surface area contributed by atoms with Crippen LogP contribution in [0.3, 0.4) is 0 Å². The molecule has 0 unspecified atom stereocenters. The summed E-state index contributed by atoms with van der Waals surface area (Å²) in [6, 6.07) is 16.4. The average Bonchev–Trinajstić information content (AvgIpc) is 2.87. The first-order valence-electron chi connectivity index (χ1n) is 13.5. The molecule has 4 atom stereocenters. The molecule has 5 rings (SSSR count). The van der Waals surface area contributed by atoms with Crippen molar-refractivity contribution >= 4 is 5.91 Å². The number of hydrogen-bond donors (Lipinski definition) is 1. The average molecular weight is 461 g/mol. The Morgan fingerprint density at radius 2 is 1.79 bits per heavy atom. The van der Waals surface area contributed by atoms with E-state index in [-0.39, 0.29) is 5.91 Å². The van der Waals surface area contributed by atoms with Crippen LogP contribution in [0.2, 0.25) is 0 Å². The van der Waals surface area contributed by atoms with Gasteiger partial charge < -0.3 is 5.32 Å². The molecule has 3 saturated heterocycles. The summed E-state index contributed by atoms with van der Waals surface area (Å²) in [4.78, 5) is 22.2. The maximum atomic E-state index is 12.5. The van der Waals surface area contributed by atoms with Crippen molar-refractivity contribution in [3.8, 4) is 0 Å². The molecule has 1 aromatic carbocycles. The van der Waals surface area contributed by atoms with Crippen LogP contribution in [-0.4, -0.2) is 59.0 Å². The molecule has 2 aromatic rings. The van der Waals surface area contributed by atoms with Crippen molar-refractivity contribution in [3.05, 3.63) is 66.0 Å². The molecule has 0 saturated carbocycles. The summed E-state index contributed by atoms with van der Waals surface area (Å²) in [5.41, 5.74) is 2.64. The normalized spacial score (nSPS) is 27.2. The zero-order chi connectivity index (χ0) is 23.2. The standard InChI is InChI=1S/C29H40N4O/c34-28(31-18-15-23-13-16-30-17-14-23)12-4-11-27-26-10-6-20-32-19-5-9-25(29(26)32)22-33(27)21-24-7-2-1-3-8-24/h1-3,7-8,13-14,16-17,25-27,29H,4-6,9-12,15,18-22H2,(H,31,34)/t25-,26+,27+,29-/m0/s1. The topological polar surface area (TPSA) is 48.5 Å². The minimum Gasteiger partial charge on any atom is -0.356 e. The molecule has 3 aliphatic rings. The van der Waals surface area contributed by atoms with Crippen LogP contribution >= 0.6 is 0 Å². The summed E-state index contributed by atoms with van der Waals surface area (Å²) in [6.45, 7) is 5.55. The van der Waals surface area contributed by atoms with Gasteiger partial charge in [0, 0.05) is 50.5 Å². The van der Waals surface area contributed by atoms with E-state index in [0.717, 1.165) is 43.7 Å². The van der Waals surface area contributed by atoms with Gasteiger partial charge >= 0.3 is 0 Å². The van der Waals surface area contributed by atoms with Crippen LogP contribution in [0.5, 0.6) is 0 Å². The fourth-order valence-electron chi connectivity index (χ4n) is 6.94. The zero-order valence-electron chi connectivity index (χ0n) is 20.4. The highest BCUT2D eigenvalue weighted by Crippen LogP contribution is 2.43. The summed E-state index contributed by atoms with van der Waals surface area (Å²) in [5, 5.41) is 3.13. The molecule has 1 amide bonds. The van der Waals surface area contributed by atoms with Gasteiger partial charge in [0.2, 0.25) is 5.91 Å². The molecule has 1 N–H and O–H groups in total. The number of likely N-dealkylation sites (tertiary alicyclic amines) is 1. The Bertz CT molecular complexity index is 903. The number of carbonyl (C=O) groups excluding carboxylic acids is 1. The highest BCUT2D eigenvalue weighted by molar-refractivity contribution is 5.75. The monoisotopic (exact) mass is 460 g/mol. The van der Waals surface area contributed by atoms with Crippen molar-refractivity contribution < 1.29 is 4.79 Å². The van der Waals surface area contributed by atoms with Gasteiger partial charge in [0.1, 0.15) is 0 Å². The van der Waals surface area contributed by atoms with Crippen molar-refractivity contribution in [2.24, 2.45) is 11.8 Å². The Hall–Kier alpha value is -2.24. The van der Waals surface area contributed by atoms with Gasteiger partial charge in [-0.1, -0.05) is 30.3 Å². The van der Waals surface area contributed by atoms with Gasteiger partial charge in [-0.25, -0.2) is 0 Å². The van der Waals surface area contributed by atoms with Crippen molar-refractivity contribution in [2.45, 2.75) is 70.0 Å². The highest BCUT2D eigenvalue weighted by Gasteiger charge is 2.48. The Labute approximate surface area is 204 Å². The van der Waals surface area contributed by atoms with E-state index in [2.05, 4.69) is 50.4 Å². The molecule has 182 valence electrons. The van der Waals surface area contributed by atoms with Gasteiger partial charge in [-0.2, -0.15) is 0 Å². The van der Waals surface area contributed by atoms with Gasteiger partial charge in [0.15, 0.2) is 0 Å². The number of rotatable bonds is 9. The second kappa shape index (κ2) is 11.5. The minimum absolute atomic E-state index is 0.195. The van der Waals surface area contributed by atoms with Crippen molar-refractivity contribution in [1.29, 1.82) is 0 Å². The lowest BCUT2D eigenvalue weighted by Crippen LogP contribution is -2.64. The zero-order valence-corrected chi connectivity index (χ0v) is 20.4. The van der Waals surface area contributed by atoms with Gasteiger partial charge in [-0.05, 0) is 93.1 Å². The number of nitrogens with zero attached hydrogens (tertiary/aromatic N) is 3. The van der Waals surface area contributed by atoms with Crippen LogP contribution in [0.1, 0.15) is 56.1 Å². The third-order valence-corrected chi connectivity index (χ3v) is 8.40. The first-order chi connectivity index (χ1) is 16.8. The van der Waals surface area contributed by atoms with E-state index in [9.17, 15) is 4.79 Å². The summed E-state index contributed by atoms with van der Waals surface area (Å²) < 4.78 is 0. The lowest BCUT2D eigenvalue weighted by Gasteiger charge is -2.57. The van der Waals surface area contributed by atoms with E-state index >= 15 is 0 Å². The number of nitrogens with one attached hydrogen (secondary N) is 1. The van der Waals surface area contributed by atoms with Crippen LogP contribution in [0.25, 0.3) is 0 Å². The lowest BCUT2D eigenvalue weighted by molar-refractivity contribution is -0.121. The molecule has 3 aliphatic heterocycles. The van der Waals surface area contributed by atoms with E-state index < -0.39 is 0 Å². The van der Waals surface area contributed by atoms with E-state index in [1.165, 1.54) is 56.4 Å². The molecule has 34 heavy (non-hydrogen) atoms. The first-order valence-corrected chi connectivity index (χ1v) is 13.5. The molecule has 0 aliphatic carbocycles. The maximum absolute atomic E-state index is 12.5. The minimum atomic E-state index is 0.195. The molecule has 5 nitrogen and oxygen atoms in total. The summed E-state index contributed by atoms with van der Waals surface area (Å²) in [7, 11) is 0. The fraction of sp³-hybridized carbons (Fsp3) is 0.586.